The molecule has 0 aromatic heterocycles. The molecule has 0 aliphatic heterocycles. The molecule has 0 amide bonds. The minimum Gasteiger partial charge on any atom is -0.478 e. The molecule has 0 aliphatic rings. The second-order valence-electron chi connectivity index (χ2n) is 3.69. The Kier molecular flexibility index (Phi) is 3.55. The van der Waals surface area contributed by atoms with Gasteiger partial charge in [0.15, 0.2) is 0 Å². The molecule has 2 rings (SSSR count). The van der Waals surface area contributed by atoms with Crippen LogP contribution in [0.5, 0.6) is 0 Å². The van der Waals surface area contributed by atoms with Crippen molar-refractivity contribution in [2.24, 2.45) is 0 Å². The van der Waals surface area contributed by atoms with Crippen LogP contribution in [0.3, 0.4) is 0 Å². The van der Waals surface area contributed by atoms with Gasteiger partial charge < -0.3 is 5.11 Å². The highest BCUT2D eigenvalue weighted by Crippen LogP contribution is 2.28. The second kappa shape index (κ2) is 4.96. The second-order valence-corrected chi connectivity index (χ2v) is 4.56. The molecule has 2 aromatic carbocycles. The zero-order valence-corrected chi connectivity index (χ0v) is 10.5. The first-order chi connectivity index (χ1) is 8.45. The molecule has 92 valence electrons. The molecule has 2 nitrogen and oxygen atoms in total. The highest BCUT2D eigenvalue weighted by molar-refractivity contribution is 6.31. The fourth-order valence-electron chi connectivity index (χ4n) is 1.60. The van der Waals surface area contributed by atoms with Gasteiger partial charge in [-0.1, -0.05) is 23.2 Å². The molecule has 0 heterocycles. The van der Waals surface area contributed by atoms with Crippen LogP contribution in [0.4, 0.5) is 4.39 Å². The fraction of sp³-hybridized carbons (Fsp3) is 0. The zero-order valence-electron chi connectivity index (χ0n) is 8.95. The fourth-order valence-corrected chi connectivity index (χ4v) is 2.06. The molecule has 0 fully saturated rings. The van der Waals surface area contributed by atoms with Crippen LogP contribution in [0.1, 0.15) is 10.4 Å². The maximum Gasteiger partial charge on any atom is 0.335 e. The third-order valence-electron chi connectivity index (χ3n) is 2.34. The number of carboxylic acids is 1. The lowest BCUT2D eigenvalue weighted by molar-refractivity contribution is 0.0697. The van der Waals surface area contributed by atoms with E-state index in [2.05, 4.69) is 0 Å². The van der Waals surface area contributed by atoms with E-state index in [0.29, 0.717) is 11.1 Å². The van der Waals surface area contributed by atoms with Crippen molar-refractivity contribution in [3.63, 3.8) is 0 Å². The Morgan fingerprint density at radius 1 is 0.944 bits per heavy atom. The summed E-state index contributed by atoms with van der Waals surface area (Å²) >= 11 is 11.6. The summed E-state index contributed by atoms with van der Waals surface area (Å²) < 4.78 is 13.2. The van der Waals surface area contributed by atoms with Crippen molar-refractivity contribution >= 4 is 29.2 Å². The number of aromatic carboxylic acids is 1. The maximum absolute atomic E-state index is 13.2. The van der Waals surface area contributed by atoms with Crippen molar-refractivity contribution in [2.75, 3.05) is 0 Å². The smallest absolute Gasteiger partial charge is 0.335 e. The number of carbonyl (C=O) groups is 1. The summed E-state index contributed by atoms with van der Waals surface area (Å²) in [7, 11) is 0. The summed E-state index contributed by atoms with van der Waals surface area (Å²) in [4.78, 5) is 10.9. The molecule has 0 spiro atoms. The maximum atomic E-state index is 13.2. The van der Waals surface area contributed by atoms with Crippen molar-refractivity contribution in [1.82, 2.24) is 0 Å². The summed E-state index contributed by atoms with van der Waals surface area (Å²) in [6.07, 6.45) is 0. The summed E-state index contributed by atoms with van der Waals surface area (Å²) in [5.74, 6) is -1.59. The quantitative estimate of drug-likeness (QED) is 0.882. The van der Waals surface area contributed by atoms with Crippen molar-refractivity contribution in [2.45, 2.75) is 0 Å². The number of hydrogen-bond donors (Lipinski definition) is 1. The zero-order chi connectivity index (χ0) is 13.3. The van der Waals surface area contributed by atoms with Gasteiger partial charge in [-0.05, 0) is 47.5 Å². The Labute approximate surface area is 113 Å². The number of halogens is 3. The van der Waals surface area contributed by atoms with Crippen molar-refractivity contribution in [3.8, 4) is 11.1 Å². The van der Waals surface area contributed by atoms with Crippen LogP contribution in [-0.2, 0) is 0 Å². The van der Waals surface area contributed by atoms with E-state index in [-0.39, 0.29) is 15.6 Å². The largest absolute Gasteiger partial charge is 0.478 e. The molecule has 0 aliphatic carbocycles. The van der Waals surface area contributed by atoms with Crippen LogP contribution in [0.2, 0.25) is 10.0 Å². The third-order valence-corrected chi connectivity index (χ3v) is 2.78. The van der Waals surface area contributed by atoms with E-state index in [1.165, 1.54) is 24.3 Å². The van der Waals surface area contributed by atoms with E-state index in [1.54, 1.807) is 12.1 Å². The lowest BCUT2D eigenvalue weighted by Gasteiger charge is -2.05. The molecular formula is C13H7Cl2FO2. The van der Waals surface area contributed by atoms with Crippen molar-refractivity contribution in [1.29, 1.82) is 0 Å². The topological polar surface area (TPSA) is 37.3 Å². The molecule has 0 bridgehead atoms. The lowest BCUT2D eigenvalue weighted by atomic mass is 10.0. The molecule has 18 heavy (non-hydrogen) atoms. The Balaban J connectivity index is 2.59. The van der Waals surface area contributed by atoms with Gasteiger partial charge in [0.05, 0.1) is 5.56 Å². The van der Waals surface area contributed by atoms with E-state index in [1.807, 2.05) is 0 Å². The molecule has 1 N–H and O–H groups in total. The highest BCUT2D eigenvalue weighted by Gasteiger charge is 2.09. The summed E-state index contributed by atoms with van der Waals surface area (Å²) in [5.41, 5.74) is 1.02. The number of hydrogen-bond acceptors (Lipinski definition) is 1. The molecule has 2 aromatic rings. The van der Waals surface area contributed by atoms with Gasteiger partial charge in [0.25, 0.3) is 0 Å². The average Bonchev–Trinajstić information content (AvgIpc) is 2.26. The SMILES string of the molecule is O=C(O)c1cc(Cl)cc(-c2cc(F)cc(Cl)c2)c1. The minimum absolute atomic E-state index is 0.0397. The van der Waals surface area contributed by atoms with Gasteiger partial charge in [-0.25, -0.2) is 9.18 Å². The number of rotatable bonds is 2. The Morgan fingerprint density at radius 3 is 2.06 bits per heavy atom. The van der Waals surface area contributed by atoms with Gasteiger partial charge >= 0.3 is 5.97 Å². The van der Waals surface area contributed by atoms with Crippen molar-refractivity contribution < 1.29 is 14.3 Å². The van der Waals surface area contributed by atoms with Crippen molar-refractivity contribution in [3.05, 3.63) is 57.8 Å². The summed E-state index contributed by atoms with van der Waals surface area (Å²) in [6.45, 7) is 0. The van der Waals surface area contributed by atoms with E-state index in [4.69, 9.17) is 28.3 Å². The van der Waals surface area contributed by atoms with Crippen LogP contribution in [-0.4, -0.2) is 11.1 Å². The van der Waals surface area contributed by atoms with E-state index >= 15 is 0 Å². The minimum atomic E-state index is -1.10. The molecular weight excluding hydrogens is 278 g/mol. The molecule has 0 saturated carbocycles. The van der Waals surface area contributed by atoms with Crippen LogP contribution in [0.15, 0.2) is 36.4 Å². The third kappa shape index (κ3) is 2.81. The molecule has 0 radical (unpaired) electrons. The highest BCUT2D eigenvalue weighted by atomic mass is 35.5. The molecule has 0 unspecified atom stereocenters. The Hall–Kier alpha value is -1.58. The monoisotopic (exact) mass is 284 g/mol. The van der Waals surface area contributed by atoms with E-state index < -0.39 is 11.8 Å². The number of carboxylic acid groups (broad SMARTS) is 1. The molecule has 5 heteroatoms. The molecule has 0 saturated heterocycles. The summed E-state index contributed by atoms with van der Waals surface area (Å²) in [5, 5.41) is 9.44. The van der Waals surface area contributed by atoms with Crippen LogP contribution in [0.25, 0.3) is 11.1 Å². The van der Waals surface area contributed by atoms with E-state index in [9.17, 15) is 9.18 Å². The predicted octanol–water partition coefficient (Wildman–Crippen LogP) is 4.50. The van der Waals surface area contributed by atoms with Gasteiger partial charge in [-0.2, -0.15) is 0 Å². The van der Waals surface area contributed by atoms with Gasteiger partial charge in [-0.3, -0.25) is 0 Å². The first kappa shape index (κ1) is 12.9. The normalized spacial score (nSPS) is 10.4. The van der Waals surface area contributed by atoms with Gasteiger partial charge in [-0.15, -0.1) is 0 Å². The number of benzene rings is 2. The van der Waals surface area contributed by atoms with Crippen LogP contribution in [0, 0.1) is 5.82 Å². The van der Waals surface area contributed by atoms with Gasteiger partial charge in [0, 0.05) is 10.0 Å². The standard InChI is InChI=1S/C13H7Cl2FO2/c14-10-2-7(1-9(4-10)13(17)18)8-3-11(15)6-12(16)5-8/h1-6H,(H,17,18). The summed E-state index contributed by atoms with van der Waals surface area (Å²) in [6, 6.07) is 8.28. The van der Waals surface area contributed by atoms with E-state index in [0.717, 1.165) is 0 Å². The van der Waals surface area contributed by atoms with Gasteiger partial charge in [0.2, 0.25) is 0 Å². The van der Waals surface area contributed by atoms with Crippen LogP contribution < -0.4 is 0 Å². The lowest BCUT2D eigenvalue weighted by Crippen LogP contribution is -1.96. The predicted molar refractivity (Wildman–Crippen MR) is 68.8 cm³/mol. The Bertz CT molecular complexity index is 606. The molecule has 0 atom stereocenters. The van der Waals surface area contributed by atoms with Gasteiger partial charge in [0.1, 0.15) is 5.82 Å². The average molecular weight is 285 g/mol. The Morgan fingerprint density at radius 2 is 1.50 bits per heavy atom. The first-order valence-electron chi connectivity index (χ1n) is 4.96. The van der Waals surface area contributed by atoms with Crippen LogP contribution >= 0.6 is 23.2 Å². The first-order valence-corrected chi connectivity index (χ1v) is 5.71.